The van der Waals surface area contributed by atoms with Gasteiger partial charge in [-0.1, -0.05) is 200 Å². The molecule has 9 aromatic carbocycles. The molecule has 1 unspecified atom stereocenters. The van der Waals surface area contributed by atoms with E-state index in [1.807, 2.05) is 6.07 Å². The Labute approximate surface area is 362 Å². The summed E-state index contributed by atoms with van der Waals surface area (Å²) >= 11 is 0. The lowest BCUT2D eigenvalue weighted by Crippen LogP contribution is -2.22. The van der Waals surface area contributed by atoms with Gasteiger partial charge >= 0.3 is 0 Å². The second-order valence-corrected chi connectivity index (χ2v) is 16.2. The largest absolute Gasteiger partial charge is 0.208 e. The first kappa shape index (κ1) is 37.0. The highest BCUT2D eigenvalue weighted by Crippen LogP contribution is 2.53. The normalized spacial score (nSPS) is 14.0. The summed E-state index contributed by atoms with van der Waals surface area (Å²) in [5.41, 5.74) is 18.0. The Kier molecular flexibility index (Phi) is 9.28. The van der Waals surface area contributed by atoms with Crippen LogP contribution in [-0.2, 0) is 5.41 Å². The van der Waals surface area contributed by atoms with Gasteiger partial charge in [-0.25, -0.2) is 15.0 Å². The van der Waals surface area contributed by atoms with Gasteiger partial charge in [-0.3, -0.25) is 0 Å². The molecule has 0 spiro atoms. The Balaban J connectivity index is 1.04. The summed E-state index contributed by atoms with van der Waals surface area (Å²) < 4.78 is 0. The van der Waals surface area contributed by atoms with Crippen molar-refractivity contribution >= 4 is 0 Å². The molecule has 0 N–H and O–H groups in total. The lowest BCUT2D eigenvalue weighted by molar-refractivity contribution is 0.714. The molecular weight excluding hydrogens is 751 g/mol. The van der Waals surface area contributed by atoms with Crippen LogP contribution in [-0.4, -0.2) is 15.0 Å². The smallest absolute Gasteiger partial charge is 0.164 e. The fraction of sp³-hybridized carbons (Fsp3) is 0.0339. The molecule has 62 heavy (non-hydrogen) atoms. The quantitative estimate of drug-likeness (QED) is 0.154. The third kappa shape index (κ3) is 6.70. The zero-order valence-corrected chi connectivity index (χ0v) is 34.3. The molecule has 10 aromatic rings. The molecule has 0 fully saturated rings. The molecule has 1 aliphatic rings. The fourth-order valence-corrected chi connectivity index (χ4v) is 9.15. The van der Waals surface area contributed by atoms with Gasteiger partial charge in [-0.2, -0.15) is 0 Å². The molecule has 0 amide bonds. The maximum Gasteiger partial charge on any atom is 0.164 e. The van der Waals surface area contributed by atoms with E-state index >= 15 is 0 Å². The predicted molar refractivity (Wildman–Crippen MR) is 255 cm³/mol. The second-order valence-electron chi connectivity index (χ2n) is 16.2. The summed E-state index contributed by atoms with van der Waals surface area (Å²) in [4.78, 5) is 15.7. The minimum Gasteiger partial charge on any atom is -0.208 e. The monoisotopic (exact) mass is 791 g/mol. The van der Waals surface area contributed by atoms with Gasteiger partial charge < -0.3 is 0 Å². The predicted octanol–water partition coefficient (Wildman–Crippen LogP) is 14.9. The van der Waals surface area contributed by atoms with Crippen molar-refractivity contribution < 1.29 is 0 Å². The lowest BCUT2D eigenvalue weighted by atomic mass is 9.74. The van der Waals surface area contributed by atoms with Gasteiger partial charge in [0, 0.05) is 22.1 Å². The van der Waals surface area contributed by atoms with Crippen LogP contribution in [0, 0.1) is 0 Å². The van der Waals surface area contributed by atoms with Gasteiger partial charge in [-0.15, -0.1) is 0 Å². The van der Waals surface area contributed by atoms with Crippen molar-refractivity contribution in [3.05, 3.63) is 247 Å². The van der Waals surface area contributed by atoms with Crippen molar-refractivity contribution in [1.29, 1.82) is 0 Å². The Morgan fingerprint density at radius 1 is 0.258 bits per heavy atom. The maximum atomic E-state index is 5.26. The van der Waals surface area contributed by atoms with E-state index in [9.17, 15) is 0 Å². The standard InChI is InChI=1S/C59H41N3/c1-59(51-25-12-5-13-26-51)54-28-15-14-27-52(54)53-34-33-47(39-55(53)59)58-61-56(60-57(62-58)46-24-16-23-45(35-46)40-17-6-2-7-18-40)44-31-29-43(30-32-44)50-37-48(41-19-8-3-9-20-41)36-49(38-50)42-21-10-4-11-22-42/h2-39H,1H3. The average molecular weight is 792 g/mol. The number of hydrogen-bond acceptors (Lipinski definition) is 3. The van der Waals surface area contributed by atoms with Gasteiger partial charge in [-0.05, 0) is 110 Å². The molecule has 1 aliphatic carbocycles. The Bertz CT molecular complexity index is 3160. The van der Waals surface area contributed by atoms with E-state index < -0.39 is 0 Å². The van der Waals surface area contributed by atoms with Crippen LogP contribution >= 0.6 is 0 Å². The molecule has 0 saturated heterocycles. The van der Waals surface area contributed by atoms with Crippen LogP contribution < -0.4 is 0 Å². The molecule has 1 atom stereocenters. The molecular formula is C59H41N3. The Hall–Kier alpha value is -8.01. The van der Waals surface area contributed by atoms with E-state index in [1.54, 1.807) is 0 Å². The Morgan fingerprint density at radius 3 is 1.21 bits per heavy atom. The van der Waals surface area contributed by atoms with E-state index in [2.05, 4.69) is 231 Å². The molecule has 11 rings (SSSR count). The minimum atomic E-state index is -0.347. The van der Waals surface area contributed by atoms with Crippen molar-refractivity contribution in [1.82, 2.24) is 15.0 Å². The van der Waals surface area contributed by atoms with Gasteiger partial charge in [0.05, 0.1) is 0 Å². The average Bonchev–Trinajstić information content (AvgIpc) is 3.62. The van der Waals surface area contributed by atoms with Crippen LogP contribution in [0.2, 0.25) is 0 Å². The highest BCUT2D eigenvalue weighted by atomic mass is 15.0. The van der Waals surface area contributed by atoms with Crippen LogP contribution in [0.4, 0.5) is 0 Å². The van der Waals surface area contributed by atoms with Crippen molar-refractivity contribution in [3.8, 4) is 89.8 Å². The van der Waals surface area contributed by atoms with Crippen LogP contribution in [0.15, 0.2) is 231 Å². The lowest BCUT2D eigenvalue weighted by Gasteiger charge is -2.28. The first-order chi connectivity index (χ1) is 30.6. The van der Waals surface area contributed by atoms with Gasteiger partial charge in [0.15, 0.2) is 17.5 Å². The molecule has 1 aromatic heterocycles. The number of aromatic nitrogens is 3. The van der Waals surface area contributed by atoms with Crippen molar-refractivity contribution in [2.75, 3.05) is 0 Å². The van der Waals surface area contributed by atoms with Crippen LogP contribution in [0.5, 0.6) is 0 Å². The van der Waals surface area contributed by atoms with Crippen LogP contribution in [0.25, 0.3) is 89.8 Å². The summed E-state index contributed by atoms with van der Waals surface area (Å²) in [6.45, 7) is 2.34. The number of benzene rings is 9. The minimum absolute atomic E-state index is 0.347. The highest BCUT2D eigenvalue weighted by molar-refractivity contribution is 5.86. The highest BCUT2D eigenvalue weighted by Gasteiger charge is 2.40. The zero-order chi connectivity index (χ0) is 41.5. The van der Waals surface area contributed by atoms with E-state index in [0.29, 0.717) is 17.5 Å². The van der Waals surface area contributed by atoms with Gasteiger partial charge in [0.25, 0.3) is 0 Å². The molecule has 292 valence electrons. The topological polar surface area (TPSA) is 38.7 Å². The van der Waals surface area contributed by atoms with E-state index in [0.717, 1.165) is 38.9 Å². The van der Waals surface area contributed by atoms with Crippen molar-refractivity contribution in [2.24, 2.45) is 0 Å². The second kappa shape index (κ2) is 15.5. The summed E-state index contributed by atoms with van der Waals surface area (Å²) in [6, 6.07) is 82.0. The first-order valence-corrected chi connectivity index (χ1v) is 21.2. The van der Waals surface area contributed by atoms with E-state index in [1.165, 1.54) is 50.1 Å². The Morgan fingerprint density at radius 2 is 0.629 bits per heavy atom. The summed E-state index contributed by atoms with van der Waals surface area (Å²) in [6.07, 6.45) is 0. The maximum absolute atomic E-state index is 5.26. The van der Waals surface area contributed by atoms with E-state index in [-0.39, 0.29) is 5.41 Å². The fourth-order valence-electron chi connectivity index (χ4n) is 9.15. The van der Waals surface area contributed by atoms with Gasteiger partial charge in [0.1, 0.15) is 0 Å². The van der Waals surface area contributed by atoms with Gasteiger partial charge in [0.2, 0.25) is 0 Å². The molecule has 3 heteroatoms. The first-order valence-electron chi connectivity index (χ1n) is 21.2. The molecule has 3 nitrogen and oxygen atoms in total. The number of fused-ring (bicyclic) bond motifs is 3. The molecule has 0 bridgehead atoms. The molecule has 0 aliphatic heterocycles. The third-order valence-electron chi connectivity index (χ3n) is 12.4. The van der Waals surface area contributed by atoms with Crippen LogP contribution in [0.3, 0.4) is 0 Å². The van der Waals surface area contributed by atoms with Crippen molar-refractivity contribution in [2.45, 2.75) is 12.3 Å². The molecule has 0 saturated carbocycles. The number of hydrogen-bond donors (Lipinski definition) is 0. The van der Waals surface area contributed by atoms with Crippen LogP contribution in [0.1, 0.15) is 23.6 Å². The number of nitrogens with zero attached hydrogens (tertiary/aromatic N) is 3. The summed E-state index contributed by atoms with van der Waals surface area (Å²) in [7, 11) is 0. The number of rotatable bonds is 8. The molecule has 1 heterocycles. The van der Waals surface area contributed by atoms with Crippen molar-refractivity contribution in [3.63, 3.8) is 0 Å². The van der Waals surface area contributed by atoms with E-state index in [4.69, 9.17) is 15.0 Å². The zero-order valence-electron chi connectivity index (χ0n) is 34.3. The third-order valence-corrected chi connectivity index (χ3v) is 12.4. The summed E-state index contributed by atoms with van der Waals surface area (Å²) in [5, 5.41) is 0. The SMILES string of the molecule is CC1(c2ccccc2)c2ccccc2-c2ccc(-c3nc(-c4ccc(-c5cc(-c6ccccc6)cc(-c6ccccc6)c5)cc4)nc(-c4cccc(-c5ccccc5)c4)n3)cc21. The summed E-state index contributed by atoms with van der Waals surface area (Å²) in [5.74, 6) is 1.89. The molecule has 0 radical (unpaired) electrons.